The number of fused-ring (bicyclic) bond motifs is 1. The van der Waals surface area contributed by atoms with Crippen LogP contribution in [0.3, 0.4) is 0 Å². The van der Waals surface area contributed by atoms with Crippen LogP contribution in [0.25, 0.3) is 11.4 Å². The third-order valence-electron chi connectivity index (χ3n) is 6.04. The number of hydrogen-bond donors (Lipinski definition) is 2. The van der Waals surface area contributed by atoms with E-state index in [0.29, 0.717) is 30.2 Å². The quantitative estimate of drug-likeness (QED) is 0.756. The Morgan fingerprint density at radius 1 is 1.22 bits per heavy atom. The lowest BCUT2D eigenvalue weighted by Gasteiger charge is -2.29. The Bertz CT molecular complexity index is 1030. The first-order valence-electron chi connectivity index (χ1n) is 10.7. The van der Waals surface area contributed by atoms with E-state index in [9.17, 15) is 18.4 Å². The van der Waals surface area contributed by atoms with Crippen LogP contribution in [0.15, 0.2) is 18.2 Å². The van der Waals surface area contributed by atoms with Gasteiger partial charge < -0.3 is 15.2 Å². The number of benzene rings is 1. The lowest BCUT2D eigenvalue weighted by molar-refractivity contribution is -0.124. The summed E-state index contributed by atoms with van der Waals surface area (Å²) in [5.41, 5.74) is 0.725. The molecule has 0 saturated heterocycles. The van der Waals surface area contributed by atoms with Crippen molar-refractivity contribution >= 4 is 11.8 Å². The number of carbonyl (C=O) groups excluding carboxylic acids is 2. The molecule has 1 aromatic heterocycles. The van der Waals surface area contributed by atoms with E-state index in [-0.39, 0.29) is 17.6 Å². The first kappa shape index (κ1) is 23.8. The highest BCUT2D eigenvalue weighted by Crippen LogP contribution is 2.29. The van der Waals surface area contributed by atoms with E-state index in [0.717, 1.165) is 18.6 Å². The minimum Gasteiger partial charge on any atom is -0.357 e. The summed E-state index contributed by atoms with van der Waals surface area (Å²) in [6, 6.07) is 3.09. The van der Waals surface area contributed by atoms with E-state index in [1.165, 1.54) is 13.1 Å². The van der Waals surface area contributed by atoms with Gasteiger partial charge in [0.05, 0.1) is 5.69 Å². The van der Waals surface area contributed by atoms with E-state index in [4.69, 9.17) is 0 Å². The molecule has 0 fully saturated rings. The van der Waals surface area contributed by atoms with E-state index >= 15 is 0 Å². The fourth-order valence-electron chi connectivity index (χ4n) is 3.87. The van der Waals surface area contributed by atoms with Gasteiger partial charge in [0.15, 0.2) is 17.3 Å². The monoisotopic (exact) mass is 447 g/mol. The molecule has 174 valence electrons. The van der Waals surface area contributed by atoms with Gasteiger partial charge in [-0.25, -0.2) is 13.8 Å². The van der Waals surface area contributed by atoms with Crippen molar-refractivity contribution in [2.75, 3.05) is 14.1 Å². The number of nitrogens with one attached hydrogen (secondary N) is 2. The summed E-state index contributed by atoms with van der Waals surface area (Å²) in [5.74, 6) is -2.30. The van der Waals surface area contributed by atoms with Crippen molar-refractivity contribution in [3.8, 4) is 11.4 Å². The highest BCUT2D eigenvalue weighted by molar-refractivity contribution is 5.97. The molecule has 1 unspecified atom stereocenters. The molecule has 0 aliphatic carbocycles. The minimum absolute atomic E-state index is 0.184. The molecule has 0 saturated carbocycles. The number of imidazole rings is 1. The average Bonchev–Trinajstić information content (AvgIpc) is 3.01. The highest BCUT2D eigenvalue weighted by atomic mass is 19.2. The molecule has 1 aliphatic rings. The van der Waals surface area contributed by atoms with E-state index in [1.54, 1.807) is 0 Å². The van der Waals surface area contributed by atoms with Crippen molar-refractivity contribution in [1.29, 1.82) is 0 Å². The lowest BCUT2D eigenvalue weighted by Crippen LogP contribution is -2.53. The fourth-order valence-corrected chi connectivity index (χ4v) is 3.87. The number of aromatic nitrogens is 2. The zero-order chi connectivity index (χ0) is 23.8. The van der Waals surface area contributed by atoms with Crippen LogP contribution in [0.5, 0.6) is 0 Å². The number of amides is 2. The van der Waals surface area contributed by atoms with Crippen molar-refractivity contribution < 1.29 is 18.4 Å². The van der Waals surface area contributed by atoms with Crippen molar-refractivity contribution in [3.63, 3.8) is 0 Å². The van der Waals surface area contributed by atoms with Crippen LogP contribution in [0.2, 0.25) is 0 Å². The van der Waals surface area contributed by atoms with E-state index in [2.05, 4.69) is 27.4 Å². The van der Waals surface area contributed by atoms with Gasteiger partial charge in [-0.3, -0.25) is 14.5 Å². The van der Waals surface area contributed by atoms with Gasteiger partial charge in [-0.2, -0.15) is 0 Å². The number of rotatable bonds is 4. The molecule has 32 heavy (non-hydrogen) atoms. The molecule has 2 amide bonds. The third-order valence-corrected chi connectivity index (χ3v) is 6.04. The van der Waals surface area contributed by atoms with Crippen molar-refractivity contribution in [2.45, 2.75) is 59.3 Å². The zero-order valence-corrected chi connectivity index (χ0v) is 19.4. The number of nitrogens with zero attached hydrogens (tertiary/aromatic N) is 3. The average molecular weight is 448 g/mol. The Morgan fingerprint density at radius 2 is 1.91 bits per heavy atom. The summed E-state index contributed by atoms with van der Waals surface area (Å²) in [7, 11) is 3.49. The molecule has 1 aliphatic heterocycles. The second kappa shape index (κ2) is 8.97. The standard InChI is InChI=1S/C23H31F2N5O2/c1-13-9-10-30-17(12-29(13)6)18(21(31)28-19(22(32)26-5)23(2,3)4)27-20(30)14-7-8-15(24)16(25)11-14/h7-8,11,13,19H,9-10,12H2,1-6H3,(H,26,32)(H,28,31)/t13-,19?/m0/s1. The Morgan fingerprint density at radius 3 is 2.50 bits per heavy atom. The summed E-state index contributed by atoms with van der Waals surface area (Å²) in [6.07, 6.45) is 0.806. The van der Waals surface area contributed by atoms with E-state index < -0.39 is 29.0 Å². The molecule has 1 aromatic carbocycles. The molecule has 7 nitrogen and oxygen atoms in total. The van der Waals surface area contributed by atoms with Gasteiger partial charge >= 0.3 is 0 Å². The van der Waals surface area contributed by atoms with E-state index in [1.807, 2.05) is 32.4 Å². The largest absolute Gasteiger partial charge is 0.357 e. The topological polar surface area (TPSA) is 79.3 Å². The van der Waals surface area contributed by atoms with Gasteiger partial charge in [0, 0.05) is 31.7 Å². The highest BCUT2D eigenvalue weighted by Gasteiger charge is 2.35. The van der Waals surface area contributed by atoms with Gasteiger partial charge in [-0.15, -0.1) is 0 Å². The van der Waals surface area contributed by atoms with Crippen LogP contribution < -0.4 is 10.6 Å². The third kappa shape index (κ3) is 4.67. The smallest absolute Gasteiger partial charge is 0.272 e. The van der Waals surface area contributed by atoms with Crippen LogP contribution in [0.1, 0.15) is 50.3 Å². The maximum Gasteiger partial charge on any atom is 0.272 e. The Hall–Kier alpha value is -2.81. The predicted molar refractivity (Wildman–Crippen MR) is 118 cm³/mol. The molecule has 2 atom stereocenters. The summed E-state index contributed by atoms with van der Waals surface area (Å²) in [4.78, 5) is 32.4. The molecule has 2 aromatic rings. The van der Waals surface area contributed by atoms with Crippen molar-refractivity contribution in [3.05, 3.63) is 41.2 Å². The first-order valence-corrected chi connectivity index (χ1v) is 10.7. The normalized spacial score (nSPS) is 17.9. The first-order chi connectivity index (χ1) is 14.9. The molecular formula is C23H31F2N5O2. The number of hydrogen-bond acceptors (Lipinski definition) is 4. The summed E-state index contributed by atoms with van der Waals surface area (Å²) in [5, 5.41) is 5.42. The Balaban J connectivity index is 2.09. The summed E-state index contributed by atoms with van der Waals surface area (Å²) in [6.45, 7) is 8.72. The molecule has 3 rings (SSSR count). The van der Waals surface area contributed by atoms with Gasteiger partial charge in [0.2, 0.25) is 5.91 Å². The maximum absolute atomic E-state index is 14.0. The van der Waals surface area contributed by atoms with Crippen LogP contribution in [-0.4, -0.2) is 52.4 Å². The number of likely N-dealkylation sites (N-methyl/N-ethyl adjacent to an activating group) is 1. The van der Waals surface area contributed by atoms with Gasteiger partial charge in [-0.1, -0.05) is 20.8 Å². The molecule has 0 spiro atoms. The number of halogens is 2. The maximum atomic E-state index is 14.0. The van der Waals surface area contributed by atoms with Gasteiger partial charge in [-0.05, 0) is 44.0 Å². The molecule has 9 heteroatoms. The van der Waals surface area contributed by atoms with Crippen LogP contribution in [0.4, 0.5) is 8.78 Å². The summed E-state index contributed by atoms with van der Waals surface area (Å²) < 4.78 is 29.4. The van der Waals surface area contributed by atoms with Crippen LogP contribution in [-0.2, 0) is 17.9 Å². The molecular weight excluding hydrogens is 416 g/mol. The Labute approximate surface area is 187 Å². The predicted octanol–water partition coefficient (Wildman–Crippen LogP) is 2.94. The molecule has 0 bridgehead atoms. The van der Waals surface area contributed by atoms with Crippen molar-refractivity contribution in [2.24, 2.45) is 5.41 Å². The lowest BCUT2D eigenvalue weighted by atomic mass is 9.86. The molecule has 2 N–H and O–H groups in total. The van der Waals surface area contributed by atoms with Gasteiger partial charge in [0.25, 0.3) is 5.91 Å². The SMILES string of the molecule is CNC(=O)C(NC(=O)c1nc(-c2ccc(F)c(F)c2)n2c1CN(C)[C@@H](C)CC2)C(C)(C)C. The van der Waals surface area contributed by atoms with Gasteiger partial charge in [0.1, 0.15) is 11.9 Å². The minimum atomic E-state index is -0.975. The fraction of sp³-hybridized carbons (Fsp3) is 0.522. The Kier molecular flexibility index (Phi) is 6.69. The second-order valence-corrected chi connectivity index (χ2v) is 9.45. The number of carbonyl (C=O) groups is 2. The molecule has 0 radical (unpaired) electrons. The zero-order valence-electron chi connectivity index (χ0n) is 19.4. The summed E-state index contributed by atoms with van der Waals surface area (Å²) >= 11 is 0. The van der Waals surface area contributed by atoms with Crippen molar-refractivity contribution in [1.82, 2.24) is 25.1 Å². The van der Waals surface area contributed by atoms with Crippen LogP contribution >= 0.6 is 0 Å². The molecule has 2 heterocycles. The second-order valence-electron chi connectivity index (χ2n) is 9.45. The van der Waals surface area contributed by atoms with Crippen LogP contribution in [0, 0.1) is 17.0 Å².